The summed E-state index contributed by atoms with van der Waals surface area (Å²) in [5.74, 6) is 0. The van der Waals surface area contributed by atoms with Gasteiger partial charge in [0.25, 0.3) is 0 Å². The van der Waals surface area contributed by atoms with E-state index in [0.29, 0.717) is 0 Å². The van der Waals surface area contributed by atoms with Gasteiger partial charge in [-0.05, 0) is 61.8 Å². The molecule has 4 rings (SSSR count). The molecular weight excluding hydrogens is 244 g/mol. The van der Waals surface area contributed by atoms with Gasteiger partial charge in [-0.3, -0.25) is 0 Å². The quantitative estimate of drug-likeness (QED) is 0.801. The van der Waals surface area contributed by atoms with Crippen LogP contribution in [0.3, 0.4) is 0 Å². The molecule has 1 heterocycles. The SMILES string of the molecule is NC1(c2ccc3[nH]c4c(c3c2)CCCC4)CCCCC1. The maximum Gasteiger partial charge on any atom is 0.0459 e. The largest absolute Gasteiger partial charge is 0.358 e. The fourth-order valence-corrected chi connectivity index (χ4v) is 4.19. The molecule has 106 valence electrons. The van der Waals surface area contributed by atoms with Crippen molar-refractivity contribution in [3.05, 3.63) is 35.0 Å². The zero-order valence-electron chi connectivity index (χ0n) is 12.2. The monoisotopic (exact) mass is 268 g/mol. The summed E-state index contributed by atoms with van der Waals surface area (Å²) in [6, 6.07) is 6.91. The molecule has 0 unspecified atom stereocenters. The van der Waals surface area contributed by atoms with Crippen molar-refractivity contribution in [2.75, 3.05) is 0 Å². The Balaban J connectivity index is 1.81. The molecule has 1 aromatic heterocycles. The maximum absolute atomic E-state index is 6.71. The predicted molar refractivity (Wildman–Crippen MR) is 83.9 cm³/mol. The van der Waals surface area contributed by atoms with Crippen LogP contribution in [0.2, 0.25) is 0 Å². The van der Waals surface area contributed by atoms with Crippen molar-refractivity contribution in [2.24, 2.45) is 5.73 Å². The molecular formula is C18H24N2. The summed E-state index contributed by atoms with van der Waals surface area (Å²) in [4.78, 5) is 3.62. The minimum atomic E-state index is -0.0781. The van der Waals surface area contributed by atoms with Crippen molar-refractivity contribution >= 4 is 10.9 Å². The van der Waals surface area contributed by atoms with E-state index in [0.717, 1.165) is 12.8 Å². The lowest BCUT2D eigenvalue weighted by Gasteiger charge is -2.34. The number of H-pyrrole nitrogens is 1. The molecule has 2 aliphatic rings. The van der Waals surface area contributed by atoms with E-state index in [1.807, 2.05) is 0 Å². The van der Waals surface area contributed by atoms with E-state index < -0.39 is 0 Å². The fourth-order valence-electron chi connectivity index (χ4n) is 4.19. The van der Waals surface area contributed by atoms with E-state index in [4.69, 9.17) is 5.73 Å². The third kappa shape index (κ3) is 1.89. The molecule has 3 N–H and O–H groups in total. The molecule has 0 spiro atoms. The first-order chi connectivity index (χ1) is 9.76. The van der Waals surface area contributed by atoms with Gasteiger partial charge in [-0.1, -0.05) is 25.3 Å². The Morgan fingerprint density at radius 1 is 0.950 bits per heavy atom. The van der Waals surface area contributed by atoms with Gasteiger partial charge < -0.3 is 10.7 Å². The maximum atomic E-state index is 6.71. The molecule has 0 aliphatic heterocycles. The van der Waals surface area contributed by atoms with Gasteiger partial charge in [0.1, 0.15) is 0 Å². The minimum absolute atomic E-state index is 0.0781. The number of hydrogen-bond acceptors (Lipinski definition) is 1. The van der Waals surface area contributed by atoms with Gasteiger partial charge in [-0.2, -0.15) is 0 Å². The summed E-state index contributed by atoms with van der Waals surface area (Å²) >= 11 is 0. The van der Waals surface area contributed by atoms with Crippen LogP contribution in [0.15, 0.2) is 18.2 Å². The number of fused-ring (bicyclic) bond motifs is 3. The summed E-state index contributed by atoms with van der Waals surface area (Å²) < 4.78 is 0. The van der Waals surface area contributed by atoms with Crippen molar-refractivity contribution in [1.29, 1.82) is 0 Å². The number of hydrogen-bond donors (Lipinski definition) is 2. The molecule has 0 atom stereocenters. The van der Waals surface area contributed by atoms with Crippen LogP contribution >= 0.6 is 0 Å². The summed E-state index contributed by atoms with van der Waals surface area (Å²) in [7, 11) is 0. The number of benzene rings is 1. The number of aromatic amines is 1. The Kier molecular flexibility index (Phi) is 2.88. The number of aromatic nitrogens is 1. The molecule has 0 bridgehead atoms. The lowest BCUT2D eigenvalue weighted by atomic mass is 9.77. The van der Waals surface area contributed by atoms with E-state index in [9.17, 15) is 0 Å². The molecule has 0 amide bonds. The molecule has 2 heteroatoms. The Hall–Kier alpha value is -1.28. The van der Waals surface area contributed by atoms with Gasteiger partial charge >= 0.3 is 0 Å². The second-order valence-electron chi connectivity index (χ2n) is 6.77. The predicted octanol–water partition coefficient (Wildman–Crippen LogP) is 4.16. The van der Waals surface area contributed by atoms with Crippen LogP contribution in [-0.2, 0) is 18.4 Å². The Morgan fingerprint density at radius 2 is 1.75 bits per heavy atom. The van der Waals surface area contributed by atoms with E-state index in [1.54, 1.807) is 5.56 Å². The molecule has 2 aliphatic carbocycles. The third-order valence-corrected chi connectivity index (χ3v) is 5.42. The standard InChI is InChI=1S/C18H24N2/c19-18(10-4-1-5-11-18)13-8-9-17-15(12-13)14-6-2-3-7-16(14)20-17/h8-9,12,20H,1-7,10-11,19H2. The van der Waals surface area contributed by atoms with Gasteiger partial charge in [0.15, 0.2) is 0 Å². The highest BCUT2D eigenvalue weighted by atomic mass is 14.8. The molecule has 1 saturated carbocycles. The second-order valence-corrected chi connectivity index (χ2v) is 6.77. The average Bonchev–Trinajstić information content (AvgIpc) is 2.86. The van der Waals surface area contributed by atoms with Crippen LogP contribution in [0, 0.1) is 0 Å². The van der Waals surface area contributed by atoms with Crippen LogP contribution in [0.25, 0.3) is 10.9 Å². The van der Waals surface area contributed by atoms with Crippen LogP contribution in [0.1, 0.15) is 61.8 Å². The van der Waals surface area contributed by atoms with E-state index in [2.05, 4.69) is 23.2 Å². The summed E-state index contributed by atoms with van der Waals surface area (Å²) in [6.45, 7) is 0. The Labute approximate surface area is 120 Å². The first-order valence-corrected chi connectivity index (χ1v) is 8.19. The van der Waals surface area contributed by atoms with Gasteiger partial charge in [-0.15, -0.1) is 0 Å². The van der Waals surface area contributed by atoms with Crippen molar-refractivity contribution in [3.63, 3.8) is 0 Å². The van der Waals surface area contributed by atoms with E-state index in [1.165, 1.54) is 67.1 Å². The van der Waals surface area contributed by atoms with Gasteiger partial charge in [-0.25, -0.2) is 0 Å². The van der Waals surface area contributed by atoms with Crippen molar-refractivity contribution in [1.82, 2.24) is 4.98 Å². The molecule has 2 nitrogen and oxygen atoms in total. The molecule has 0 radical (unpaired) electrons. The molecule has 2 aromatic rings. The van der Waals surface area contributed by atoms with Crippen molar-refractivity contribution in [2.45, 2.75) is 63.3 Å². The first-order valence-electron chi connectivity index (χ1n) is 8.19. The number of rotatable bonds is 1. The Morgan fingerprint density at radius 3 is 2.60 bits per heavy atom. The first kappa shape index (κ1) is 12.5. The van der Waals surface area contributed by atoms with Gasteiger partial charge in [0, 0.05) is 22.1 Å². The topological polar surface area (TPSA) is 41.8 Å². The van der Waals surface area contributed by atoms with Crippen LogP contribution < -0.4 is 5.73 Å². The van der Waals surface area contributed by atoms with Crippen molar-refractivity contribution < 1.29 is 0 Å². The smallest absolute Gasteiger partial charge is 0.0459 e. The van der Waals surface area contributed by atoms with E-state index in [-0.39, 0.29) is 5.54 Å². The van der Waals surface area contributed by atoms with Crippen LogP contribution in [0.4, 0.5) is 0 Å². The average molecular weight is 268 g/mol. The van der Waals surface area contributed by atoms with Crippen LogP contribution in [-0.4, -0.2) is 4.98 Å². The molecule has 20 heavy (non-hydrogen) atoms. The Bertz CT molecular complexity index is 632. The minimum Gasteiger partial charge on any atom is -0.358 e. The van der Waals surface area contributed by atoms with E-state index >= 15 is 0 Å². The van der Waals surface area contributed by atoms with Crippen LogP contribution in [0.5, 0.6) is 0 Å². The lowest BCUT2D eigenvalue weighted by Crippen LogP contribution is -2.38. The number of nitrogens with two attached hydrogens (primary N) is 1. The molecule has 1 aromatic carbocycles. The molecule has 0 saturated heterocycles. The lowest BCUT2D eigenvalue weighted by molar-refractivity contribution is 0.302. The summed E-state index contributed by atoms with van der Waals surface area (Å²) in [5, 5.41) is 1.44. The normalized spacial score (nSPS) is 21.9. The highest BCUT2D eigenvalue weighted by molar-refractivity contribution is 5.85. The summed E-state index contributed by atoms with van der Waals surface area (Å²) in [5.41, 5.74) is 12.3. The summed E-state index contributed by atoms with van der Waals surface area (Å²) in [6.07, 6.45) is 11.3. The fraction of sp³-hybridized carbons (Fsp3) is 0.556. The number of nitrogens with one attached hydrogen (secondary N) is 1. The molecule has 1 fully saturated rings. The van der Waals surface area contributed by atoms with Crippen molar-refractivity contribution in [3.8, 4) is 0 Å². The van der Waals surface area contributed by atoms with Gasteiger partial charge in [0.05, 0.1) is 0 Å². The highest BCUT2D eigenvalue weighted by Crippen LogP contribution is 2.37. The van der Waals surface area contributed by atoms with Gasteiger partial charge in [0.2, 0.25) is 0 Å². The third-order valence-electron chi connectivity index (χ3n) is 5.42. The number of aryl methyl sites for hydroxylation is 2. The zero-order chi connectivity index (χ0) is 13.6. The zero-order valence-corrected chi connectivity index (χ0v) is 12.2. The second kappa shape index (κ2) is 4.63. The highest BCUT2D eigenvalue weighted by Gasteiger charge is 2.30.